The molecule has 1 heterocycles. The molecule has 1 aliphatic carbocycles. The Kier molecular flexibility index (Phi) is 6.01. The van der Waals surface area contributed by atoms with Gasteiger partial charge >= 0.3 is 195 Å². The quantitative estimate of drug-likeness (QED) is 0.285. The van der Waals surface area contributed by atoms with Crippen molar-refractivity contribution in [2.75, 3.05) is 0 Å². The summed E-state index contributed by atoms with van der Waals surface area (Å²) in [5.74, 6) is 5.77. The molecule has 0 aliphatic heterocycles. The maximum absolute atomic E-state index is 5.03. The molecule has 0 radical (unpaired) electrons. The Balaban J connectivity index is 1.62. The molecule has 0 amide bonds. The van der Waals surface area contributed by atoms with Gasteiger partial charge in [-0.1, -0.05) is 0 Å². The Morgan fingerprint density at radius 1 is 0.688 bits per heavy atom. The first kappa shape index (κ1) is 21.2. The van der Waals surface area contributed by atoms with Crippen LogP contribution in [0.4, 0.5) is 0 Å². The molecule has 2 heteroatoms. The minimum atomic E-state index is -2.47. The summed E-state index contributed by atoms with van der Waals surface area (Å²) in [6.07, 6.45) is 7.55. The normalized spacial score (nSPS) is 14.6. The molecule has 5 rings (SSSR count). The van der Waals surface area contributed by atoms with E-state index >= 15 is 0 Å². The van der Waals surface area contributed by atoms with Crippen LogP contribution < -0.4 is 8.79 Å². The zero-order valence-corrected chi connectivity index (χ0v) is 21.2. The number of nitrogens with zero attached hydrogens (tertiary/aromatic N) is 1. The van der Waals surface area contributed by atoms with Crippen molar-refractivity contribution in [2.24, 2.45) is 0 Å². The van der Waals surface area contributed by atoms with Gasteiger partial charge in [0, 0.05) is 0 Å². The zero-order chi connectivity index (χ0) is 22.0. The molecule has 1 aromatic heterocycles. The van der Waals surface area contributed by atoms with Crippen molar-refractivity contribution >= 4 is 22.1 Å². The topological polar surface area (TPSA) is 12.9 Å². The summed E-state index contributed by atoms with van der Waals surface area (Å²) < 4.78 is 3.15. The van der Waals surface area contributed by atoms with Crippen molar-refractivity contribution in [1.29, 1.82) is 0 Å². The maximum atomic E-state index is 5.03. The Morgan fingerprint density at radius 2 is 1.31 bits per heavy atom. The van der Waals surface area contributed by atoms with E-state index in [1.54, 1.807) is 8.79 Å². The number of hydrogen-bond acceptors (Lipinski definition) is 1. The van der Waals surface area contributed by atoms with Crippen LogP contribution in [0.25, 0.3) is 22.4 Å². The van der Waals surface area contributed by atoms with Gasteiger partial charge in [-0.15, -0.1) is 0 Å². The van der Waals surface area contributed by atoms with Crippen molar-refractivity contribution < 1.29 is 0 Å². The molecular weight excluding hydrogens is 447 g/mol. The van der Waals surface area contributed by atoms with Crippen LogP contribution in [0, 0.1) is 0 Å². The standard InChI is InChI=1S/C30H31GeN/c1-31(2,27-18-7-4-8-19-27)29-21-30(32-22-28(29)24-14-9-10-15-24)26-17-11-16-25(20-26)23-12-5-3-6-13-23/h3-8,11-13,16-22,24H,9-10,14-15H2,1-2H3. The van der Waals surface area contributed by atoms with E-state index in [2.05, 4.69) is 109 Å². The van der Waals surface area contributed by atoms with Crippen LogP contribution in [0.1, 0.15) is 37.2 Å². The average Bonchev–Trinajstić information content (AvgIpc) is 3.40. The summed E-state index contributed by atoms with van der Waals surface area (Å²) in [5.41, 5.74) is 6.33. The second-order valence-electron chi connectivity index (χ2n) is 9.58. The summed E-state index contributed by atoms with van der Waals surface area (Å²) in [4.78, 5) is 5.03. The molecule has 0 atom stereocenters. The van der Waals surface area contributed by atoms with Gasteiger partial charge in [0.2, 0.25) is 0 Å². The van der Waals surface area contributed by atoms with Gasteiger partial charge < -0.3 is 0 Å². The molecule has 0 spiro atoms. The Bertz CT molecular complexity index is 1190. The fourth-order valence-corrected chi connectivity index (χ4v) is 11.2. The average molecular weight is 478 g/mol. The van der Waals surface area contributed by atoms with Crippen LogP contribution in [0.2, 0.25) is 11.5 Å². The Hall–Kier alpha value is -2.65. The van der Waals surface area contributed by atoms with Crippen molar-refractivity contribution in [3.05, 3.63) is 103 Å². The van der Waals surface area contributed by atoms with Crippen LogP contribution in [0.5, 0.6) is 0 Å². The fourth-order valence-electron chi connectivity index (χ4n) is 5.23. The molecule has 4 aromatic rings. The first-order valence-corrected chi connectivity index (χ1v) is 18.1. The number of hydrogen-bond donors (Lipinski definition) is 0. The zero-order valence-electron chi connectivity index (χ0n) is 19.1. The summed E-state index contributed by atoms with van der Waals surface area (Å²) in [7, 11) is 0. The van der Waals surface area contributed by atoms with Crippen LogP contribution in [0.3, 0.4) is 0 Å². The summed E-state index contributed by atoms with van der Waals surface area (Å²) in [6, 6.07) is 33.1. The van der Waals surface area contributed by atoms with Crippen molar-refractivity contribution in [3.63, 3.8) is 0 Å². The molecule has 32 heavy (non-hydrogen) atoms. The van der Waals surface area contributed by atoms with Gasteiger partial charge in [-0.2, -0.15) is 0 Å². The van der Waals surface area contributed by atoms with E-state index in [-0.39, 0.29) is 0 Å². The second-order valence-corrected chi connectivity index (χ2v) is 18.7. The molecule has 0 unspecified atom stereocenters. The monoisotopic (exact) mass is 479 g/mol. The van der Waals surface area contributed by atoms with Crippen LogP contribution in [-0.4, -0.2) is 18.3 Å². The molecule has 1 saturated carbocycles. The molecule has 1 fully saturated rings. The SMILES string of the molecule is [CH3][Ge]([CH3])([c]1ccccc1)[c]1cc(-c2cccc(-c3ccccc3)c2)ncc1C1CCCC1. The molecule has 0 saturated heterocycles. The van der Waals surface area contributed by atoms with E-state index in [4.69, 9.17) is 4.98 Å². The molecule has 0 bridgehead atoms. The molecule has 1 aliphatic rings. The van der Waals surface area contributed by atoms with E-state index in [1.165, 1.54) is 47.9 Å². The third-order valence-corrected chi connectivity index (χ3v) is 14.6. The third-order valence-electron chi connectivity index (χ3n) is 7.16. The van der Waals surface area contributed by atoms with Crippen LogP contribution in [0.15, 0.2) is 97.2 Å². The molecule has 160 valence electrons. The van der Waals surface area contributed by atoms with E-state index in [9.17, 15) is 0 Å². The Morgan fingerprint density at radius 3 is 2.03 bits per heavy atom. The predicted octanol–water partition coefficient (Wildman–Crippen LogP) is 6.90. The van der Waals surface area contributed by atoms with Gasteiger partial charge in [-0.05, 0) is 0 Å². The third kappa shape index (κ3) is 4.19. The Labute approximate surface area is 194 Å². The summed E-state index contributed by atoms with van der Waals surface area (Å²) in [5, 5.41) is 0. The molecule has 1 nitrogen and oxygen atoms in total. The van der Waals surface area contributed by atoms with Gasteiger partial charge in [0.1, 0.15) is 0 Å². The summed E-state index contributed by atoms with van der Waals surface area (Å²) in [6.45, 7) is 0. The number of benzene rings is 3. The van der Waals surface area contributed by atoms with Crippen molar-refractivity contribution in [3.8, 4) is 22.4 Å². The van der Waals surface area contributed by atoms with Gasteiger partial charge in [0.25, 0.3) is 0 Å². The fraction of sp³-hybridized carbons (Fsp3) is 0.233. The van der Waals surface area contributed by atoms with Crippen molar-refractivity contribution in [2.45, 2.75) is 43.1 Å². The van der Waals surface area contributed by atoms with Gasteiger partial charge in [-0.25, -0.2) is 0 Å². The minimum absolute atomic E-state index is 0.677. The molecule has 3 aromatic carbocycles. The van der Waals surface area contributed by atoms with E-state index in [1.807, 2.05) is 0 Å². The van der Waals surface area contributed by atoms with Gasteiger partial charge in [0.05, 0.1) is 0 Å². The molecule has 0 N–H and O–H groups in total. The van der Waals surface area contributed by atoms with E-state index in [0.29, 0.717) is 5.92 Å². The predicted molar refractivity (Wildman–Crippen MR) is 140 cm³/mol. The van der Waals surface area contributed by atoms with E-state index in [0.717, 1.165) is 5.69 Å². The number of pyridine rings is 1. The summed E-state index contributed by atoms with van der Waals surface area (Å²) >= 11 is -2.47. The first-order chi connectivity index (χ1) is 15.6. The second kappa shape index (κ2) is 9.07. The van der Waals surface area contributed by atoms with Gasteiger partial charge in [-0.3, -0.25) is 0 Å². The first-order valence-electron chi connectivity index (χ1n) is 11.8. The van der Waals surface area contributed by atoms with Gasteiger partial charge in [0.15, 0.2) is 0 Å². The number of aromatic nitrogens is 1. The van der Waals surface area contributed by atoms with Crippen LogP contribution >= 0.6 is 0 Å². The molecular formula is C30H31GeN. The van der Waals surface area contributed by atoms with E-state index < -0.39 is 13.3 Å². The van der Waals surface area contributed by atoms with Crippen molar-refractivity contribution in [1.82, 2.24) is 4.98 Å². The number of rotatable bonds is 5. The van der Waals surface area contributed by atoms with Crippen LogP contribution in [-0.2, 0) is 0 Å².